The number of ether oxygens (including phenoxy) is 2. The van der Waals surface area contributed by atoms with Crippen molar-refractivity contribution in [2.24, 2.45) is 0 Å². The number of aryl methyl sites for hydroxylation is 2. The van der Waals surface area contributed by atoms with Crippen molar-refractivity contribution < 1.29 is 9.47 Å². The first-order valence-electron chi connectivity index (χ1n) is 6.87. The van der Waals surface area contributed by atoms with Crippen molar-refractivity contribution in [3.8, 4) is 11.5 Å². The number of rotatable bonds is 6. The molecule has 0 unspecified atom stereocenters. The first-order valence-corrected chi connectivity index (χ1v) is 8.63. The lowest BCUT2D eigenvalue weighted by atomic mass is 10.3. The normalized spacial score (nSPS) is 10.6. The summed E-state index contributed by atoms with van der Waals surface area (Å²) in [6, 6.07) is 7.67. The van der Waals surface area contributed by atoms with Crippen LogP contribution in [-0.2, 0) is 13.2 Å². The van der Waals surface area contributed by atoms with Gasteiger partial charge in [0.2, 0.25) is 0 Å². The quantitative estimate of drug-likeness (QED) is 0.672. The van der Waals surface area contributed by atoms with Crippen molar-refractivity contribution in [1.82, 2.24) is 9.97 Å². The molecule has 0 amide bonds. The molecule has 0 N–H and O–H groups in total. The Labute approximate surface area is 137 Å². The third-order valence-corrected chi connectivity index (χ3v) is 4.58. The average molecular weight is 332 g/mol. The molecule has 0 spiro atoms. The van der Waals surface area contributed by atoms with Crippen LogP contribution in [0.5, 0.6) is 11.5 Å². The van der Waals surface area contributed by atoms with Crippen LogP contribution < -0.4 is 9.47 Å². The van der Waals surface area contributed by atoms with E-state index in [1.807, 2.05) is 48.9 Å². The van der Waals surface area contributed by atoms with E-state index in [1.54, 1.807) is 22.7 Å². The SMILES string of the molecule is Cc1nc(COc2ccccc2OCc2csc(C)n2)cs1. The maximum Gasteiger partial charge on any atom is 0.161 e. The number of para-hydroxylation sites is 2. The van der Waals surface area contributed by atoms with Crippen LogP contribution in [-0.4, -0.2) is 9.97 Å². The number of hydrogen-bond acceptors (Lipinski definition) is 6. The van der Waals surface area contributed by atoms with Gasteiger partial charge in [-0.25, -0.2) is 9.97 Å². The first-order chi connectivity index (χ1) is 10.7. The van der Waals surface area contributed by atoms with Gasteiger partial charge in [-0.2, -0.15) is 0 Å². The molecule has 0 radical (unpaired) electrons. The second kappa shape index (κ2) is 6.89. The molecular weight excluding hydrogens is 316 g/mol. The Morgan fingerprint density at radius 3 is 1.64 bits per heavy atom. The molecule has 0 atom stereocenters. The monoisotopic (exact) mass is 332 g/mol. The topological polar surface area (TPSA) is 44.2 Å². The molecule has 1 aromatic carbocycles. The van der Waals surface area contributed by atoms with Crippen LogP contribution >= 0.6 is 22.7 Å². The van der Waals surface area contributed by atoms with Crippen LogP contribution in [0.2, 0.25) is 0 Å². The highest BCUT2D eigenvalue weighted by Crippen LogP contribution is 2.28. The molecule has 0 aliphatic heterocycles. The maximum absolute atomic E-state index is 5.83. The van der Waals surface area contributed by atoms with Gasteiger partial charge in [0.1, 0.15) is 13.2 Å². The molecule has 2 aromatic heterocycles. The van der Waals surface area contributed by atoms with E-state index in [9.17, 15) is 0 Å². The molecule has 0 aliphatic carbocycles. The molecule has 0 aliphatic rings. The fraction of sp³-hybridized carbons (Fsp3) is 0.250. The van der Waals surface area contributed by atoms with E-state index in [0.717, 1.165) is 32.9 Å². The van der Waals surface area contributed by atoms with Crippen LogP contribution in [0.4, 0.5) is 0 Å². The van der Waals surface area contributed by atoms with E-state index in [2.05, 4.69) is 9.97 Å². The van der Waals surface area contributed by atoms with Crippen molar-refractivity contribution in [1.29, 1.82) is 0 Å². The average Bonchev–Trinajstić information content (AvgIpc) is 3.12. The first kappa shape index (κ1) is 15.0. The molecule has 0 fully saturated rings. The van der Waals surface area contributed by atoms with Gasteiger partial charge in [-0.05, 0) is 26.0 Å². The van der Waals surface area contributed by atoms with Gasteiger partial charge in [-0.15, -0.1) is 22.7 Å². The highest BCUT2D eigenvalue weighted by atomic mass is 32.1. The Balaban J connectivity index is 1.64. The largest absolute Gasteiger partial charge is 0.483 e. The zero-order valence-electron chi connectivity index (χ0n) is 12.4. The van der Waals surface area contributed by atoms with Crippen molar-refractivity contribution in [2.45, 2.75) is 27.1 Å². The summed E-state index contributed by atoms with van der Waals surface area (Å²) in [7, 11) is 0. The van der Waals surface area contributed by atoms with Crippen LogP contribution in [0, 0.1) is 13.8 Å². The van der Waals surface area contributed by atoms with Gasteiger partial charge in [0.15, 0.2) is 11.5 Å². The Bertz CT molecular complexity index is 689. The molecular formula is C16H16N2O2S2. The van der Waals surface area contributed by atoms with Gasteiger partial charge in [0.05, 0.1) is 21.4 Å². The summed E-state index contributed by atoms with van der Waals surface area (Å²) in [5.41, 5.74) is 1.87. The molecule has 22 heavy (non-hydrogen) atoms. The van der Waals surface area contributed by atoms with Crippen molar-refractivity contribution in [2.75, 3.05) is 0 Å². The third-order valence-electron chi connectivity index (χ3n) is 2.93. The van der Waals surface area contributed by atoms with E-state index >= 15 is 0 Å². The molecule has 114 valence electrons. The second-order valence-corrected chi connectivity index (χ2v) is 6.86. The number of aromatic nitrogens is 2. The van der Waals surface area contributed by atoms with Gasteiger partial charge >= 0.3 is 0 Å². The number of thiazole rings is 2. The van der Waals surface area contributed by atoms with Gasteiger partial charge in [0, 0.05) is 10.8 Å². The molecule has 3 rings (SSSR count). The van der Waals surface area contributed by atoms with Gasteiger partial charge in [0.25, 0.3) is 0 Å². The maximum atomic E-state index is 5.83. The van der Waals surface area contributed by atoms with Gasteiger partial charge in [-0.3, -0.25) is 0 Å². The van der Waals surface area contributed by atoms with Crippen LogP contribution in [0.25, 0.3) is 0 Å². The summed E-state index contributed by atoms with van der Waals surface area (Å²) in [5.74, 6) is 1.44. The summed E-state index contributed by atoms with van der Waals surface area (Å²) < 4.78 is 11.7. The van der Waals surface area contributed by atoms with Crippen LogP contribution in [0.15, 0.2) is 35.0 Å². The number of benzene rings is 1. The molecule has 0 saturated heterocycles. The third kappa shape index (κ3) is 3.84. The molecule has 0 bridgehead atoms. The van der Waals surface area contributed by atoms with Crippen molar-refractivity contribution in [3.63, 3.8) is 0 Å². The van der Waals surface area contributed by atoms with Crippen LogP contribution in [0.1, 0.15) is 21.4 Å². The van der Waals surface area contributed by atoms with E-state index in [-0.39, 0.29) is 0 Å². The fourth-order valence-electron chi connectivity index (χ4n) is 1.94. The second-order valence-electron chi connectivity index (χ2n) is 4.74. The minimum atomic E-state index is 0.445. The predicted molar refractivity (Wildman–Crippen MR) is 88.8 cm³/mol. The predicted octanol–water partition coefficient (Wildman–Crippen LogP) is 4.37. The molecule has 2 heterocycles. The highest BCUT2D eigenvalue weighted by Gasteiger charge is 2.07. The Hall–Kier alpha value is -1.92. The zero-order chi connectivity index (χ0) is 15.4. The minimum Gasteiger partial charge on any atom is -0.483 e. The van der Waals surface area contributed by atoms with Crippen molar-refractivity contribution in [3.05, 3.63) is 56.4 Å². The van der Waals surface area contributed by atoms with Crippen molar-refractivity contribution >= 4 is 22.7 Å². The summed E-state index contributed by atoms with van der Waals surface area (Å²) in [5, 5.41) is 6.11. The lowest BCUT2D eigenvalue weighted by molar-refractivity contribution is 0.252. The number of nitrogens with zero attached hydrogens (tertiary/aromatic N) is 2. The molecule has 0 saturated carbocycles. The lowest BCUT2D eigenvalue weighted by Crippen LogP contribution is -2.01. The Morgan fingerprint density at radius 1 is 0.818 bits per heavy atom. The summed E-state index contributed by atoms with van der Waals surface area (Å²) in [6.07, 6.45) is 0. The van der Waals surface area contributed by atoms with Gasteiger partial charge < -0.3 is 9.47 Å². The smallest absolute Gasteiger partial charge is 0.161 e. The summed E-state index contributed by atoms with van der Waals surface area (Å²) in [4.78, 5) is 8.79. The molecule has 6 heteroatoms. The van der Waals surface area contributed by atoms with Crippen LogP contribution in [0.3, 0.4) is 0 Å². The molecule has 3 aromatic rings. The van der Waals surface area contributed by atoms with E-state index in [0.29, 0.717) is 13.2 Å². The van der Waals surface area contributed by atoms with E-state index in [1.165, 1.54) is 0 Å². The Morgan fingerprint density at radius 2 is 1.27 bits per heavy atom. The highest BCUT2D eigenvalue weighted by molar-refractivity contribution is 7.09. The van der Waals surface area contributed by atoms with E-state index < -0.39 is 0 Å². The fourth-order valence-corrected chi connectivity index (χ4v) is 3.14. The lowest BCUT2D eigenvalue weighted by Gasteiger charge is -2.11. The summed E-state index contributed by atoms with van der Waals surface area (Å²) >= 11 is 3.25. The molecule has 4 nitrogen and oxygen atoms in total. The Kier molecular flexibility index (Phi) is 4.70. The minimum absolute atomic E-state index is 0.445. The van der Waals surface area contributed by atoms with Gasteiger partial charge in [-0.1, -0.05) is 12.1 Å². The standard InChI is InChI=1S/C16H16N2O2S2/c1-11-17-13(9-21-11)7-19-15-5-3-4-6-16(15)20-8-14-10-22-12(2)18-14/h3-6,9-10H,7-8H2,1-2H3. The zero-order valence-corrected chi connectivity index (χ0v) is 14.0. The number of hydrogen-bond donors (Lipinski definition) is 0. The van der Waals surface area contributed by atoms with E-state index in [4.69, 9.17) is 9.47 Å². The summed E-state index contributed by atoms with van der Waals surface area (Å²) in [6.45, 7) is 4.86.